The third-order valence-electron chi connectivity index (χ3n) is 3.21. The third-order valence-corrected chi connectivity index (χ3v) is 3.21. The Hall–Kier alpha value is -1.94. The monoisotopic (exact) mass is 289 g/mol. The molecule has 4 nitrogen and oxygen atoms in total. The summed E-state index contributed by atoms with van der Waals surface area (Å²) < 4.78 is 16.8. The van der Waals surface area contributed by atoms with E-state index < -0.39 is 0 Å². The van der Waals surface area contributed by atoms with Crippen LogP contribution in [0.3, 0.4) is 0 Å². The van der Waals surface area contributed by atoms with Crippen molar-refractivity contribution in [2.45, 2.75) is 40.0 Å². The smallest absolute Gasteiger partial charge is 0.161 e. The molecule has 0 fully saturated rings. The number of ether oxygens (including phenoxy) is 2. The van der Waals surface area contributed by atoms with Crippen molar-refractivity contribution in [3.8, 4) is 11.5 Å². The second-order valence-corrected chi connectivity index (χ2v) is 5.27. The van der Waals surface area contributed by atoms with Gasteiger partial charge in [0.25, 0.3) is 0 Å². The van der Waals surface area contributed by atoms with E-state index in [9.17, 15) is 0 Å². The molecule has 0 radical (unpaired) electrons. The van der Waals surface area contributed by atoms with E-state index in [4.69, 9.17) is 13.9 Å². The van der Waals surface area contributed by atoms with Gasteiger partial charge >= 0.3 is 0 Å². The minimum absolute atomic E-state index is 0.392. The Balaban J connectivity index is 1.99. The molecule has 0 aliphatic rings. The molecular formula is C17H23NO3. The van der Waals surface area contributed by atoms with E-state index in [0.29, 0.717) is 12.6 Å². The number of benzene rings is 1. The van der Waals surface area contributed by atoms with Crippen molar-refractivity contribution in [1.82, 2.24) is 5.32 Å². The lowest BCUT2D eigenvalue weighted by atomic mass is 10.2. The van der Waals surface area contributed by atoms with Gasteiger partial charge in [-0.3, -0.25) is 0 Å². The average molecular weight is 289 g/mol. The molecule has 0 atom stereocenters. The summed E-state index contributed by atoms with van der Waals surface area (Å²) in [6.07, 6.45) is 0. The highest BCUT2D eigenvalue weighted by Gasteiger charge is 2.10. The lowest BCUT2D eigenvalue weighted by Crippen LogP contribution is -2.21. The van der Waals surface area contributed by atoms with Gasteiger partial charge in [-0.05, 0) is 25.1 Å². The lowest BCUT2D eigenvalue weighted by molar-refractivity contribution is 0.254. The van der Waals surface area contributed by atoms with Crippen molar-refractivity contribution in [3.63, 3.8) is 0 Å². The number of nitrogens with one attached hydrogen (secondary N) is 1. The zero-order valence-corrected chi connectivity index (χ0v) is 13.1. The quantitative estimate of drug-likeness (QED) is 0.844. The normalized spacial score (nSPS) is 10.9. The molecule has 0 saturated heterocycles. The molecular weight excluding hydrogens is 266 g/mol. The summed E-state index contributed by atoms with van der Waals surface area (Å²) >= 11 is 0. The van der Waals surface area contributed by atoms with Crippen LogP contribution in [0.5, 0.6) is 11.5 Å². The minimum atomic E-state index is 0.392. The van der Waals surface area contributed by atoms with Gasteiger partial charge in [0.2, 0.25) is 0 Å². The summed E-state index contributed by atoms with van der Waals surface area (Å²) in [5, 5.41) is 3.39. The number of aryl methyl sites for hydroxylation is 1. The Morgan fingerprint density at radius 3 is 2.57 bits per heavy atom. The maximum Gasteiger partial charge on any atom is 0.161 e. The Morgan fingerprint density at radius 2 is 1.90 bits per heavy atom. The second kappa shape index (κ2) is 7.18. The van der Waals surface area contributed by atoms with E-state index >= 15 is 0 Å². The fourth-order valence-electron chi connectivity index (χ4n) is 2.04. The molecule has 0 bridgehead atoms. The van der Waals surface area contributed by atoms with Gasteiger partial charge < -0.3 is 19.2 Å². The molecule has 114 valence electrons. The number of furan rings is 1. The third kappa shape index (κ3) is 4.26. The van der Waals surface area contributed by atoms with Crippen LogP contribution in [0.1, 0.15) is 30.9 Å². The van der Waals surface area contributed by atoms with Crippen LogP contribution in [0.4, 0.5) is 0 Å². The average Bonchev–Trinajstić information content (AvgIpc) is 2.83. The number of hydrogen-bond acceptors (Lipinski definition) is 4. The molecule has 1 N–H and O–H groups in total. The van der Waals surface area contributed by atoms with Gasteiger partial charge in [-0.1, -0.05) is 26.0 Å². The first kappa shape index (κ1) is 15.4. The fraction of sp³-hybridized carbons (Fsp3) is 0.412. The summed E-state index contributed by atoms with van der Waals surface area (Å²) in [6.45, 7) is 7.43. The molecule has 2 aromatic rings. The Bertz CT molecular complexity index is 575. The predicted octanol–water partition coefficient (Wildman–Crippen LogP) is 3.67. The van der Waals surface area contributed by atoms with Gasteiger partial charge in [0, 0.05) is 18.2 Å². The van der Waals surface area contributed by atoms with Crippen LogP contribution in [0.2, 0.25) is 0 Å². The first-order chi connectivity index (χ1) is 10.1. The van der Waals surface area contributed by atoms with Crippen molar-refractivity contribution in [2.75, 3.05) is 7.11 Å². The van der Waals surface area contributed by atoms with Crippen molar-refractivity contribution >= 4 is 0 Å². The molecule has 0 spiro atoms. The number of methoxy groups -OCH3 is 1. The summed E-state index contributed by atoms with van der Waals surface area (Å²) in [6, 6.07) is 10.1. The lowest BCUT2D eigenvalue weighted by Gasteiger charge is -2.08. The SMILES string of the molecule is COc1ccccc1OCc1cc(CNC(C)C)c(C)o1. The van der Waals surface area contributed by atoms with Crippen LogP contribution in [-0.2, 0) is 13.2 Å². The van der Waals surface area contributed by atoms with E-state index in [1.807, 2.05) is 37.3 Å². The minimum Gasteiger partial charge on any atom is -0.493 e. The molecule has 1 aromatic heterocycles. The van der Waals surface area contributed by atoms with E-state index in [0.717, 1.165) is 29.6 Å². The van der Waals surface area contributed by atoms with Gasteiger partial charge in [-0.2, -0.15) is 0 Å². The Kier molecular flexibility index (Phi) is 5.28. The van der Waals surface area contributed by atoms with Gasteiger partial charge in [-0.25, -0.2) is 0 Å². The Labute approximate surface area is 126 Å². The van der Waals surface area contributed by atoms with Crippen LogP contribution < -0.4 is 14.8 Å². The fourth-order valence-corrected chi connectivity index (χ4v) is 2.04. The highest BCUT2D eigenvalue weighted by molar-refractivity contribution is 5.39. The van der Waals surface area contributed by atoms with E-state index in [2.05, 4.69) is 19.2 Å². The molecule has 0 unspecified atom stereocenters. The second-order valence-electron chi connectivity index (χ2n) is 5.27. The van der Waals surface area contributed by atoms with E-state index in [1.54, 1.807) is 7.11 Å². The van der Waals surface area contributed by atoms with Crippen molar-refractivity contribution in [1.29, 1.82) is 0 Å². The van der Waals surface area contributed by atoms with Crippen LogP contribution >= 0.6 is 0 Å². The molecule has 1 heterocycles. The molecule has 4 heteroatoms. The summed E-state index contributed by atoms with van der Waals surface area (Å²) in [5.41, 5.74) is 1.17. The largest absolute Gasteiger partial charge is 0.493 e. The zero-order chi connectivity index (χ0) is 15.2. The summed E-state index contributed by atoms with van der Waals surface area (Å²) in [4.78, 5) is 0. The van der Waals surface area contributed by atoms with Crippen molar-refractivity contribution in [2.24, 2.45) is 0 Å². The number of hydrogen-bond donors (Lipinski definition) is 1. The number of rotatable bonds is 7. The van der Waals surface area contributed by atoms with Gasteiger partial charge in [-0.15, -0.1) is 0 Å². The maximum absolute atomic E-state index is 5.77. The van der Waals surface area contributed by atoms with Crippen LogP contribution in [-0.4, -0.2) is 13.2 Å². The highest BCUT2D eigenvalue weighted by Crippen LogP contribution is 2.27. The first-order valence-corrected chi connectivity index (χ1v) is 7.17. The summed E-state index contributed by atoms with van der Waals surface area (Å²) in [5.74, 6) is 3.19. The standard InChI is InChI=1S/C17H23NO3/c1-12(2)18-10-14-9-15(21-13(14)3)11-20-17-8-6-5-7-16(17)19-4/h5-9,12,18H,10-11H2,1-4H3. The Morgan fingerprint density at radius 1 is 1.19 bits per heavy atom. The molecule has 2 rings (SSSR count). The molecule has 21 heavy (non-hydrogen) atoms. The zero-order valence-electron chi connectivity index (χ0n) is 13.1. The first-order valence-electron chi connectivity index (χ1n) is 7.17. The van der Waals surface area contributed by atoms with Crippen LogP contribution in [0.15, 0.2) is 34.7 Å². The van der Waals surface area contributed by atoms with Crippen molar-refractivity contribution < 1.29 is 13.9 Å². The maximum atomic E-state index is 5.77. The molecule has 0 aliphatic carbocycles. The molecule has 0 amide bonds. The predicted molar refractivity (Wildman–Crippen MR) is 82.7 cm³/mol. The van der Waals surface area contributed by atoms with Gasteiger partial charge in [0.05, 0.1) is 7.11 Å². The topological polar surface area (TPSA) is 43.6 Å². The highest BCUT2D eigenvalue weighted by atomic mass is 16.5. The van der Waals surface area contributed by atoms with Crippen LogP contribution in [0.25, 0.3) is 0 Å². The van der Waals surface area contributed by atoms with E-state index in [1.165, 1.54) is 5.56 Å². The van der Waals surface area contributed by atoms with Gasteiger partial charge in [0.1, 0.15) is 18.1 Å². The molecule has 0 aliphatic heterocycles. The summed E-state index contributed by atoms with van der Waals surface area (Å²) in [7, 11) is 1.63. The molecule has 0 saturated carbocycles. The number of para-hydroxylation sites is 2. The molecule has 1 aromatic carbocycles. The van der Waals surface area contributed by atoms with Crippen LogP contribution in [0, 0.1) is 6.92 Å². The van der Waals surface area contributed by atoms with E-state index in [-0.39, 0.29) is 0 Å². The van der Waals surface area contributed by atoms with Crippen molar-refractivity contribution in [3.05, 3.63) is 47.4 Å². The van der Waals surface area contributed by atoms with Gasteiger partial charge in [0.15, 0.2) is 11.5 Å².